The largest absolute Gasteiger partial charge is 0.461 e. The molecule has 21 heavy (non-hydrogen) atoms. The van der Waals surface area contributed by atoms with Gasteiger partial charge in [0.2, 0.25) is 0 Å². The quantitative estimate of drug-likeness (QED) is 0.486. The lowest BCUT2D eigenvalue weighted by molar-refractivity contribution is -0.173. The molecule has 1 aromatic carbocycles. The molecule has 0 heterocycles. The molecule has 0 aliphatic rings. The Balaban J connectivity index is 3.20. The zero-order valence-electron chi connectivity index (χ0n) is 11.1. The number of rotatable bonds is 4. The Kier molecular flexibility index (Phi) is 4.70. The Hall–Kier alpha value is -1.99. The van der Waals surface area contributed by atoms with Gasteiger partial charge in [0, 0.05) is 11.1 Å². The summed E-state index contributed by atoms with van der Waals surface area (Å²) in [6.07, 6.45) is -5.10. The monoisotopic (exact) mass is 310 g/mol. The van der Waals surface area contributed by atoms with Crippen LogP contribution in [0, 0.1) is 6.92 Å². The van der Waals surface area contributed by atoms with Crippen molar-refractivity contribution in [3.8, 4) is 0 Å². The first-order chi connectivity index (χ1) is 9.51. The molecule has 3 nitrogen and oxygen atoms in total. The first-order valence-corrected chi connectivity index (χ1v) is 5.79. The molecule has 116 valence electrons. The van der Waals surface area contributed by atoms with Crippen LogP contribution in [0.3, 0.4) is 0 Å². The third-order valence-corrected chi connectivity index (χ3v) is 2.62. The van der Waals surface area contributed by atoms with Crippen LogP contribution in [0.2, 0.25) is 0 Å². The SMILES string of the molecule is CCOC(=O)C(F)(F)c1ccc(C(=O)C(F)(F)F)cc1C. The lowest BCUT2D eigenvalue weighted by atomic mass is 9.98. The molecule has 0 N–H and O–H groups in total. The fourth-order valence-corrected chi connectivity index (χ4v) is 1.65. The van der Waals surface area contributed by atoms with Crippen molar-refractivity contribution in [2.75, 3.05) is 6.61 Å². The molecular formula is C13H11F5O3. The van der Waals surface area contributed by atoms with Gasteiger partial charge < -0.3 is 4.74 Å². The molecule has 0 aliphatic carbocycles. The van der Waals surface area contributed by atoms with E-state index in [1.165, 1.54) is 6.92 Å². The highest BCUT2D eigenvalue weighted by molar-refractivity contribution is 6.00. The summed E-state index contributed by atoms with van der Waals surface area (Å²) < 4.78 is 68.6. The van der Waals surface area contributed by atoms with E-state index < -0.39 is 35.0 Å². The maximum atomic E-state index is 13.8. The van der Waals surface area contributed by atoms with Gasteiger partial charge in [0.15, 0.2) is 0 Å². The van der Waals surface area contributed by atoms with Gasteiger partial charge in [-0.25, -0.2) is 4.79 Å². The number of ether oxygens (including phenoxy) is 1. The van der Waals surface area contributed by atoms with Crippen LogP contribution < -0.4 is 0 Å². The minimum atomic E-state index is -5.10. The molecule has 0 fully saturated rings. The topological polar surface area (TPSA) is 43.4 Å². The summed E-state index contributed by atoms with van der Waals surface area (Å²) in [7, 11) is 0. The highest BCUT2D eigenvalue weighted by Crippen LogP contribution is 2.33. The molecule has 0 amide bonds. The third kappa shape index (κ3) is 3.56. The average molecular weight is 310 g/mol. The molecule has 0 spiro atoms. The summed E-state index contributed by atoms with van der Waals surface area (Å²) in [5.74, 6) is -7.94. The standard InChI is InChI=1S/C13H11F5O3/c1-3-21-11(20)12(14,15)9-5-4-8(6-7(9)2)10(19)13(16,17)18/h4-6H,3H2,1-2H3. The minimum Gasteiger partial charge on any atom is -0.461 e. The average Bonchev–Trinajstić information content (AvgIpc) is 2.36. The molecule has 0 saturated heterocycles. The smallest absolute Gasteiger partial charge is 0.454 e. The second kappa shape index (κ2) is 5.79. The number of benzene rings is 1. The number of ketones is 1. The molecule has 0 bridgehead atoms. The van der Waals surface area contributed by atoms with Crippen molar-refractivity contribution >= 4 is 11.8 Å². The number of Topliss-reactive ketones (excluding diaryl/α,β-unsaturated/α-hetero) is 1. The number of alkyl halides is 5. The number of carbonyl (C=O) groups excluding carboxylic acids is 2. The number of aryl methyl sites for hydroxylation is 1. The van der Waals surface area contributed by atoms with Crippen LogP contribution in [0.4, 0.5) is 22.0 Å². The number of esters is 1. The van der Waals surface area contributed by atoms with Gasteiger partial charge in [-0.15, -0.1) is 0 Å². The summed E-state index contributed by atoms with van der Waals surface area (Å²) in [6.45, 7) is 2.15. The number of halogens is 5. The van der Waals surface area contributed by atoms with Crippen LogP contribution in [0.5, 0.6) is 0 Å². The highest BCUT2D eigenvalue weighted by atomic mass is 19.4. The van der Waals surface area contributed by atoms with E-state index in [1.807, 2.05) is 0 Å². The summed E-state index contributed by atoms with van der Waals surface area (Å²) >= 11 is 0. The van der Waals surface area contributed by atoms with Gasteiger partial charge in [0.25, 0.3) is 5.78 Å². The van der Waals surface area contributed by atoms with Crippen LogP contribution in [-0.4, -0.2) is 24.5 Å². The summed E-state index contributed by atoms with van der Waals surface area (Å²) in [6, 6.07) is 1.88. The van der Waals surface area contributed by atoms with E-state index in [9.17, 15) is 31.5 Å². The fraction of sp³-hybridized carbons (Fsp3) is 0.385. The summed E-state index contributed by atoms with van der Waals surface area (Å²) in [5.41, 5.74) is -1.90. The summed E-state index contributed by atoms with van der Waals surface area (Å²) in [5, 5.41) is 0. The van der Waals surface area contributed by atoms with Crippen LogP contribution in [0.25, 0.3) is 0 Å². The second-order valence-corrected chi connectivity index (χ2v) is 4.15. The van der Waals surface area contributed by atoms with Crippen molar-refractivity contribution in [3.63, 3.8) is 0 Å². The molecule has 1 aromatic rings. The maximum Gasteiger partial charge on any atom is 0.454 e. The van der Waals surface area contributed by atoms with Crippen molar-refractivity contribution in [1.82, 2.24) is 0 Å². The van der Waals surface area contributed by atoms with E-state index in [0.29, 0.717) is 18.2 Å². The van der Waals surface area contributed by atoms with Crippen LogP contribution in [0.1, 0.15) is 28.4 Å². The molecule has 0 atom stereocenters. The molecule has 0 radical (unpaired) electrons. The molecule has 1 rings (SSSR count). The Bertz CT molecular complexity index is 563. The van der Waals surface area contributed by atoms with Crippen molar-refractivity contribution in [2.45, 2.75) is 25.9 Å². The predicted molar refractivity (Wildman–Crippen MR) is 62.1 cm³/mol. The van der Waals surface area contributed by atoms with Gasteiger partial charge in [0.1, 0.15) is 0 Å². The Morgan fingerprint density at radius 2 is 1.71 bits per heavy atom. The van der Waals surface area contributed by atoms with Crippen LogP contribution in [-0.2, 0) is 15.5 Å². The van der Waals surface area contributed by atoms with E-state index in [0.717, 1.165) is 6.92 Å². The van der Waals surface area contributed by atoms with Crippen molar-refractivity contribution < 1.29 is 36.3 Å². The van der Waals surface area contributed by atoms with Crippen LogP contribution in [0.15, 0.2) is 18.2 Å². The van der Waals surface area contributed by atoms with Crippen LogP contribution >= 0.6 is 0 Å². The molecular weight excluding hydrogens is 299 g/mol. The van der Waals surface area contributed by atoms with Gasteiger partial charge in [-0.05, 0) is 25.5 Å². The van der Waals surface area contributed by atoms with E-state index >= 15 is 0 Å². The zero-order valence-corrected chi connectivity index (χ0v) is 11.1. The number of carbonyl (C=O) groups is 2. The molecule has 8 heteroatoms. The van der Waals surface area contributed by atoms with E-state index in [2.05, 4.69) is 4.74 Å². The molecule has 0 aromatic heterocycles. The van der Waals surface area contributed by atoms with Gasteiger partial charge in [0.05, 0.1) is 6.61 Å². The maximum absolute atomic E-state index is 13.8. The van der Waals surface area contributed by atoms with Gasteiger partial charge in [-0.2, -0.15) is 22.0 Å². The van der Waals surface area contributed by atoms with E-state index in [4.69, 9.17) is 0 Å². The van der Waals surface area contributed by atoms with E-state index in [1.54, 1.807) is 0 Å². The highest BCUT2D eigenvalue weighted by Gasteiger charge is 2.45. The Morgan fingerprint density at radius 3 is 2.14 bits per heavy atom. The van der Waals surface area contributed by atoms with Crippen molar-refractivity contribution in [2.24, 2.45) is 0 Å². The molecule has 0 aliphatic heterocycles. The zero-order chi connectivity index (χ0) is 16.4. The van der Waals surface area contributed by atoms with Crippen molar-refractivity contribution in [3.05, 3.63) is 34.9 Å². The second-order valence-electron chi connectivity index (χ2n) is 4.15. The van der Waals surface area contributed by atoms with Crippen molar-refractivity contribution in [1.29, 1.82) is 0 Å². The lowest BCUT2D eigenvalue weighted by Gasteiger charge is -2.17. The van der Waals surface area contributed by atoms with Gasteiger partial charge in [-0.1, -0.05) is 12.1 Å². The minimum absolute atomic E-state index is 0.266. The number of hydrogen-bond acceptors (Lipinski definition) is 3. The lowest BCUT2D eigenvalue weighted by Crippen LogP contribution is -2.29. The first-order valence-electron chi connectivity index (χ1n) is 5.79. The first kappa shape index (κ1) is 17.1. The fourth-order valence-electron chi connectivity index (χ4n) is 1.65. The molecule has 0 unspecified atom stereocenters. The van der Waals surface area contributed by atoms with Gasteiger partial charge >= 0.3 is 18.1 Å². The Labute approximate surface area is 116 Å². The molecule has 0 saturated carbocycles. The predicted octanol–water partition coefficient (Wildman–Crippen LogP) is 3.39. The Morgan fingerprint density at radius 1 is 1.14 bits per heavy atom. The number of hydrogen-bond donors (Lipinski definition) is 0. The van der Waals surface area contributed by atoms with E-state index in [-0.39, 0.29) is 12.2 Å². The summed E-state index contributed by atoms with van der Waals surface area (Å²) in [4.78, 5) is 22.2. The normalized spacial score (nSPS) is 12.1. The third-order valence-electron chi connectivity index (χ3n) is 2.62. The van der Waals surface area contributed by atoms with Gasteiger partial charge in [-0.3, -0.25) is 4.79 Å².